The van der Waals surface area contributed by atoms with E-state index in [0.29, 0.717) is 0 Å². The molecule has 1 aromatic rings. The molecule has 0 spiro atoms. The summed E-state index contributed by atoms with van der Waals surface area (Å²) in [4.78, 5) is 9.66. The van der Waals surface area contributed by atoms with E-state index in [1.807, 2.05) is 0 Å². The topological polar surface area (TPSA) is 101 Å². The third-order valence-electron chi connectivity index (χ3n) is 0.846. The van der Waals surface area contributed by atoms with Gasteiger partial charge in [-0.3, -0.25) is 0 Å². The van der Waals surface area contributed by atoms with Gasteiger partial charge in [-0.05, 0) is 10.6 Å². The molecule has 1 heterocycles. The second kappa shape index (κ2) is 3.05. The number of nitrogen functional groups attached to an aromatic ring is 1. The van der Waals surface area contributed by atoms with Crippen molar-refractivity contribution in [1.29, 1.82) is 0 Å². The van der Waals surface area contributed by atoms with E-state index in [2.05, 4.69) is 20.0 Å². The zero-order valence-electron chi connectivity index (χ0n) is 5.27. The largest absolute Gasteiger partial charge is 0.368 e. The van der Waals surface area contributed by atoms with Gasteiger partial charge in [-0.1, -0.05) is 11.6 Å². The number of hydrogen-bond donors (Lipinski definition) is 1. The number of anilines is 1. The van der Waals surface area contributed by atoms with Crippen LogP contribution in [-0.2, 0) is 0 Å². The number of rotatable bonds is 1. The van der Waals surface area contributed by atoms with E-state index in [0.717, 1.165) is 0 Å². The van der Waals surface area contributed by atoms with E-state index in [1.54, 1.807) is 0 Å². The summed E-state index contributed by atoms with van der Waals surface area (Å²) in [5, 5.41) is 3.35. The van der Waals surface area contributed by atoms with Crippen molar-refractivity contribution in [2.45, 2.75) is 0 Å². The molecule has 0 bridgehead atoms. The summed E-state index contributed by atoms with van der Waals surface area (Å²) in [6.07, 6.45) is 0. The molecule has 0 radical (unpaired) electrons. The van der Waals surface area contributed by atoms with Crippen LogP contribution in [0, 0.1) is 0 Å². The molecule has 0 saturated heterocycles. The summed E-state index contributed by atoms with van der Waals surface area (Å²) in [5.41, 5.74) is 13.2. The van der Waals surface area contributed by atoms with E-state index >= 15 is 0 Å². The van der Waals surface area contributed by atoms with Crippen LogP contribution < -0.4 is 5.73 Å². The number of azide groups is 1. The lowest BCUT2D eigenvalue weighted by atomic mass is 10.6. The van der Waals surface area contributed by atoms with E-state index in [-0.39, 0.29) is 16.9 Å². The van der Waals surface area contributed by atoms with E-state index in [4.69, 9.17) is 22.9 Å². The van der Waals surface area contributed by atoms with Crippen LogP contribution in [0.2, 0.25) is 5.15 Å². The molecule has 1 aromatic heterocycles. The summed E-state index contributed by atoms with van der Waals surface area (Å²) in [7, 11) is 0. The zero-order chi connectivity index (χ0) is 8.27. The molecule has 56 valence electrons. The van der Waals surface area contributed by atoms with Crippen LogP contribution in [0.1, 0.15) is 0 Å². The summed E-state index contributed by atoms with van der Waals surface area (Å²) in [6.45, 7) is 0. The Morgan fingerprint density at radius 3 is 2.91 bits per heavy atom. The average Bonchev–Trinajstić information content (AvgIpc) is 1.85. The van der Waals surface area contributed by atoms with Gasteiger partial charge in [0, 0.05) is 11.0 Å². The molecule has 0 aliphatic heterocycles. The van der Waals surface area contributed by atoms with E-state index in [9.17, 15) is 0 Å². The Hall–Kier alpha value is -1.52. The Bertz CT molecular complexity index is 296. The molecule has 6 nitrogen and oxygen atoms in total. The molecule has 0 saturated carbocycles. The lowest BCUT2D eigenvalue weighted by Crippen LogP contribution is -1.93. The highest BCUT2D eigenvalue weighted by atomic mass is 35.5. The number of nitrogens with zero attached hydrogens (tertiary/aromatic N) is 5. The fourth-order valence-corrected chi connectivity index (χ4v) is 0.704. The Balaban J connectivity index is 3.18. The molecule has 7 heteroatoms. The van der Waals surface area contributed by atoms with Gasteiger partial charge in [0.2, 0.25) is 5.95 Å². The standard InChI is InChI=1S/C4H3ClN6/c5-2-1-3(10-11-7)9-4(6)8-2/h1H,(H2,6,8,9). The molecular weight excluding hydrogens is 168 g/mol. The van der Waals surface area contributed by atoms with Crippen molar-refractivity contribution in [2.24, 2.45) is 5.11 Å². The van der Waals surface area contributed by atoms with Crippen LogP contribution in [0.25, 0.3) is 10.4 Å². The number of halogens is 1. The van der Waals surface area contributed by atoms with Crippen LogP contribution in [0.15, 0.2) is 11.2 Å². The number of nitrogens with two attached hydrogens (primary N) is 1. The van der Waals surface area contributed by atoms with Crippen LogP contribution in [0.5, 0.6) is 0 Å². The van der Waals surface area contributed by atoms with Crippen molar-refractivity contribution in [1.82, 2.24) is 9.97 Å². The molecule has 0 aromatic carbocycles. The van der Waals surface area contributed by atoms with E-state index < -0.39 is 0 Å². The van der Waals surface area contributed by atoms with Gasteiger partial charge in [0.15, 0.2) is 0 Å². The van der Waals surface area contributed by atoms with Crippen LogP contribution >= 0.6 is 11.6 Å². The number of hydrogen-bond acceptors (Lipinski definition) is 4. The number of aromatic nitrogens is 2. The van der Waals surface area contributed by atoms with Crippen LogP contribution in [0.3, 0.4) is 0 Å². The second-order valence-electron chi connectivity index (χ2n) is 1.60. The van der Waals surface area contributed by atoms with Crippen molar-refractivity contribution in [3.05, 3.63) is 21.7 Å². The molecule has 0 aliphatic carbocycles. The fourth-order valence-electron chi connectivity index (χ4n) is 0.520. The van der Waals surface area contributed by atoms with Crippen molar-refractivity contribution < 1.29 is 0 Å². The average molecular weight is 171 g/mol. The maximum atomic E-state index is 8.02. The van der Waals surface area contributed by atoms with Crippen LogP contribution in [0.4, 0.5) is 11.8 Å². The minimum atomic E-state index is -0.0140. The zero-order valence-corrected chi connectivity index (χ0v) is 6.02. The summed E-state index contributed by atoms with van der Waals surface area (Å²) in [6, 6.07) is 1.32. The Labute approximate surface area is 66.6 Å². The lowest BCUT2D eigenvalue weighted by Gasteiger charge is -1.93. The molecule has 11 heavy (non-hydrogen) atoms. The van der Waals surface area contributed by atoms with Gasteiger partial charge >= 0.3 is 0 Å². The van der Waals surface area contributed by atoms with Gasteiger partial charge in [-0.2, -0.15) is 0 Å². The molecule has 0 fully saturated rings. The highest BCUT2D eigenvalue weighted by Gasteiger charge is 1.96. The third kappa shape index (κ3) is 1.96. The molecular formula is C4H3ClN6. The maximum Gasteiger partial charge on any atom is 0.221 e. The molecule has 0 amide bonds. The van der Waals surface area contributed by atoms with Gasteiger partial charge in [-0.25, -0.2) is 9.97 Å². The first-order chi connectivity index (χ1) is 5.22. The predicted octanol–water partition coefficient (Wildman–Crippen LogP) is 1.65. The molecule has 0 unspecified atom stereocenters. The molecule has 0 aliphatic rings. The smallest absolute Gasteiger partial charge is 0.221 e. The molecule has 1 rings (SSSR count). The highest BCUT2D eigenvalue weighted by molar-refractivity contribution is 6.29. The van der Waals surface area contributed by atoms with Crippen molar-refractivity contribution >= 4 is 23.4 Å². The summed E-state index contributed by atoms with van der Waals surface area (Å²) in [5.74, 6) is 0.102. The minimum absolute atomic E-state index is 0.0140. The second-order valence-corrected chi connectivity index (χ2v) is 1.98. The Morgan fingerprint density at radius 2 is 2.36 bits per heavy atom. The monoisotopic (exact) mass is 170 g/mol. The van der Waals surface area contributed by atoms with Crippen molar-refractivity contribution in [2.75, 3.05) is 5.73 Å². The minimum Gasteiger partial charge on any atom is -0.368 e. The third-order valence-corrected chi connectivity index (χ3v) is 1.04. The SMILES string of the molecule is [N-]=[N+]=Nc1cc(Cl)nc(N)n1. The lowest BCUT2D eigenvalue weighted by molar-refractivity contribution is 1.16. The normalized spacial score (nSPS) is 8.82. The van der Waals surface area contributed by atoms with Gasteiger partial charge in [0.25, 0.3) is 0 Å². The van der Waals surface area contributed by atoms with Crippen molar-refractivity contribution in [3.63, 3.8) is 0 Å². The van der Waals surface area contributed by atoms with Gasteiger partial charge in [-0.15, -0.1) is 0 Å². The van der Waals surface area contributed by atoms with Crippen LogP contribution in [-0.4, -0.2) is 9.97 Å². The van der Waals surface area contributed by atoms with Crippen molar-refractivity contribution in [3.8, 4) is 0 Å². The Morgan fingerprint density at radius 1 is 1.64 bits per heavy atom. The van der Waals surface area contributed by atoms with Gasteiger partial charge in [0.1, 0.15) is 11.0 Å². The first-order valence-electron chi connectivity index (χ1n) is 2.57. The highest BCUT2D eigenvalue weighted by Crippen LogP contribution is 2.14. The quantitative estimate of drug-likeness (QED) is 0.300. The van der Waals surface area contributed by atoms with E-state index in [1.165, 1.54) is 6.07 Å². The molecule has 2 N–H and O–H groups in total. The predicted molar refractivity (Wildman–Crippen MR) is 40.3 cm³/mol. The first-order valence-corrected chi connectivity index (χ1v) is 2.95. The maximum absolute atomic E-state index is 8.02. The Kier molecular flexibility index (Phi) is 2.10. The fraction of sp³-hybridized carbons (Fsp3) is 0. The van der Waals surface area contributed by atoms with Gasteiger partial charge in [0.05, 0.1) is 0 Å². The molecule has 0 atom stereocenters. The summed E-state index contributed by atoms with van der Waals surface area (Å²) >= 11 is 5.47. The van der Waals surface area contributed by atoms with Gasteiger partial charge < -0.3 is 5.73 Å². The first kappa shape index (κ1) is 7.59. The summed E-state index contributed by atoms with van der Waals surface area (Å²) < 4.78 is 0.